The number of benzene rings is 1. The Bertz CT molecular complexity index is 508. The Labute approximate surface area is 115 Å². The Morgan fingerprint density at radius 2 is 1.89 bits per heavy atom. The molecular weight excluding hydrogens is 234 g/mol. The summed E-state index contributed by atoms with van der Waals surface area (Å²) in [5, 5.41) is 0. The number of likely N-dealkylation sites (N-methyl/N-ethyl adjacent to an activating group) is 1. The zero-order chi connectivity index (χ0) is 13.7. The lowest BCUT2D eigenvalue weighted by Crippen LogP contribution is -2.24. The molecule has 1 atom stereocenters. The minimum absolute atomic E-state index is 0.00266. The number of nitrogens with two attached hydrogens (primary N) is 1. The lowest BCUT2D eigenvalue weighted by atomic mass is 10.1. The van der Waals surface area contributed by atoms with E-state index in [4.69, 9.17) is 5.73 Å². The van der Waals surface area contributed by atoms with Crippen LogP contribution in [-0.2, 0) is 6.42 Å². The van der Waals surface area contributed by atoms with E-state index in [2.05, 4.69) is 41.2 Å². The number of pyridine rings is 1. The van der Waals surface area contributed by atoms with Crippen LogP contribution < -0.4 is 10.6 Å². The van der Waals surface area contributed by atoms with Gasteiger partial charge in [-0.2, -0.15) is 0 Å². The zero-order valence-electron chi connectivity index (χ0n) is 11.6. The highest BCUT2D eigenvalue weighted by Gasteiger charge is 2.11. The molecule has 3 heteroatoms. The topological polar surface area (TPSA) is 42.1 Å². The molecule has 1 heterocycles. The number of anilines is 1. The maximum absolute atomic E-state index is 5.99. The standard InChI is InChI=1S/C16H21N3/c1-13(17)15-9-6-11-18-16(15)19(2)12-10-14-7-4-3-5-8-14/h3-9,11,13H,10,12,17H2,1-2H3. The minimum Gasteiger partial charge on any atom is -0.359 e. The van der Waals surface area contributed by atoms with Crippen LogP contribution in [0.25, 0.3) is 0 Å². The fourth-order valence-electron chi connectivity index (χ4n) is 2.13. The summed E-state index contributed by atoms with van der Waals surface area (Å²) in [5.74, 6) is 0.980. The van der Waals surface area contributed by atoms with Gasteiger partial charge < -0.3 is 10.6 Å². The predicted octanol–water partition coefficient (Wildman–Crippen LogP) is 2.78. The fraction of sp³-hybridized carbons (Fsp3) is 0.312. The molecule has 1 aromatic heterocycles. The normalized spacial score (nSPS) is 12.2. The number of rotatable bonds is 5. The Morgan fingerprint density at radius 1 is 1.16 bits per heavy atom. The zero-order valence-corrected chi connectivity index (χ0v) is 11.6. The van der Waals surface area contributed by atoms with E-state index in [1.807, 2.05) is 31.3 Å². The summed E-state index contributed by atoms with van der Waals surface area (Å²) in [6, 6.07) is 14.5. The first-order valence-electron chi connectivity index (χ1n) is 6.64. The molecule has 100 valence electrons. The van der Waals surface area contributed by atoms with Gasteiger partial charge in [0.2, 0.25) is 0 Å². The molecule has 0 amide bonds. The quantitative estimate of drug-likeness (QED) is 0.893. The average molecular weight is 255 g/mol. The highest BCUT2D eigenvalue weighted by atomic mass is 15.2. The summed E-state index contributed by atoms with van der Waals surface area (Å²) < 4.78 is 0. The van der Waals surface area contributed by atoms with E-state index in [0.29, 0.717) is 0 Å². The molecule has 0 bridgehead atoms. The van der Waals surface area contributed by atoms with Crippen molar-refractivity contribution in [1.29, 1.82) is 0 Å². The van der Waals surface area contributed by atoms with Gasteiger partial charge in [0.15, 0.2) is 0 Å². The third kappa shape index (κ3) is 3.55. The Balaban J connectivity index is 2.06. The molecule has 0 aliphatic carbocycles. The second-order valence-corrected chi connectivity index (χ2v) is 4.86. The molecule has 0 aliphatic rings. The first-order chi connectivity index (χ1) is 9.18. The molecular formula is C16H21N3. The van der Waals surface area contributed by atoms with Crippen molar-refractivity contribution in [3.8, 4) is 0 Å². The summed E-state index contributed by atoms with van der Waals surface area (Å²) in [5.41, 5.74) is 8.43. The maximum Gasteiger partial charge on any atom is 0.133 e. The Morgan fingerprint density at radius 3 is 2.58 bits per heavy atom. The van der Waals surface area contributed by atoms with Gasteiger partial charge in [-0.3, -0.25) is 0 Å². The van der Waals surface area contributed by atoms with Crippen molar-refractivity contribution in [2.45, 2.75) is 19.4 Å². The van der Waals surface area contributed by atoms with Crippen LogP contribution >= 0.6 is 0 Å². The van der Waals surface area contributed by atoms with Crippen LogP contribution in [0.15, 0.2) is 48.7 Å². The van der Waals surface area contributed by atoms with Gasteiger partial charge in [-0.1, -0.05) is 36.4 Å². The van der Waals surface area contributed by atoms with Crippen molar-refractivity contribution in [2.75, 3.05) is 18.5 Å². The lowest BCUT2D eigenvalue weighted by Gasteiger charge is -2.22. The van der Waals surface area contributed by atoms with E-state index in [0.717, 1.165) is 24.3 Å². The SMILES string of the molecule is CC(N)c1cccnc1N(C)CCc1ccccc1. The molecule has 0 fully saturated rings. The summed E-state index contributed by atoms with van der Waals surface area (Å²) in [4.78, 5) is 6.63. The van der Waals surface area contributed by atoms with E-state index in [1.54, 1.807) is 0 Å². The smallest absolute Gasteiger partial charge is 0.133 e. The van der Waals surface area contributed by atoms with Gasteiger partial charge in [0.1, 0.15) is 5.82 Å². The Hall–Kier alpha value is -1.87. The minimum atomic E-state index is 0.00266. The van der Waals surface area contributed by atoms with E-state index in [-0.39, 0.29) is 6.04 Å². The van der Waals surface area contributed by atoms with E-state index in [1.165, 1.54) is 5.56 Å². The molecule has 1 aromatic carbocycles. The molecule has 1 unspecified atom stereocenters. The second kappa shape index (κ2) is 6.34. The van der Waals surface area contributed by atoms with Gasteiger partial charge in [0.25, 0.3) is 0 Å². The molecule has 2 aromatic rings. The predicted molar refractivity (Wildman–Crippen MR) is 80.3 cm³/mol. The number of hydrogen-bond acceptors (Lipinski definition) is 3. The molecule has 0 aliphatic heterocycles. The molecule has 0 radical (unpaired) electrons. The third-order valence-corrected chi connectivity index (χ3v) is 3.25. The molecule has 0 saturated carbocycles. The highest BCUT2D eigenvalue weighted by molar-refractivity contribution is 5.47. The van der Waals surface area contributed by atoms with Crippen LogP contribution in [0.4, 0.5) is 5.82 Å². The molecule has 2 N–H and O–H groups in total. The van der Waals surface area contributed by atoms with Crippen molar-refractivity contribution in [3.05, 3.63) is 59.8 Å². The molecule has 2 rings (SSSR count). The van der Waals surface area contributed by atoms with E-state index >= 15 is 0 Å². The van der Waals surface area contributed by atoms with Crippen molar-refractivity contribution in [1.82, 2.24) is 4.98 Å². The van der Waals surface area contributed by atoms with Crippen LogP contribution in [0.2, 0.25) is 0 Å². The van der Waals surface area contributed by atoms with Gasteiger partial charge in [0.05, 0.1) is 0 Å². The van der Waals surface area contributed by atoms with Crippen molar-refractivity contribution in [3.63, 3.8) is 0 Å². The van der Waals surface area contributed by atoms with Crippen molar-refractivity contribution in [2.24, 2.45) is 5.73 Å². The van der Waals surface area contributed by atoms with Crippen LogP contribution in [0, 0.1) is 0 Å². The van der Waals surface area contributed by atoms with E-state index in [9.17, 15) is 0 Å². The monoisotopic (exact) mass is 255 g/mol. The number of aromatic nitrogens is 1. The summed E-state index contributed by atoms with van der Waals surface area (Å²) in [7, 11) is 2.07. The average Bonchev–Trinajstić information content (AvgIpc) is 2.46. The van der Waals surface area contributed by atoms with Gasteiger partial charge in [-0.25, -0.2) is 4.98 Å². The molecule has 19 heavy (non-hydrogen) atoms. The van der Waals surface area contributed by atoms with Gasteiger partial charge in [-0.15, -0.1) is 0 Å². The lowest BCUT2D eigenvalue weighted by molar-refractivity contribution is 0.784. The number of hydrogen-bond donors (Lipinski definition) is 1. The summed E-state index contributed by atoms with van der Waals surface area (Å²) in [6.07, 6.45) is 2.83. The van der Waals surface area contributed by atoms with Crippen molar-refractivity contribution >= 4 is 5.82 Å². The largest absolute Gasteiger partial charge is 0.359 e. The summed E-state index contributed by atoms with van der Waals surface area (Å²) >= 11 is 0. The van der Waals surface area contributed by atoms with Crippen LogP contribution in [0.1, 0.15) is 24.1 Å². The third-order valence-electron chi connectivity index (χ3n) is 3.25. The first kappa shape index (κ1) is 13.6. The second-order valence-electron chi connectivity index (χ2n) is 4.86. The molecule has 3 nitrogen and oxygen atoms in total. The van der Waals surface area contributed by atoms with Gasteiger partial charge in [-0.05, 0) is 25.0 Å². The maximum atomic E-state index is 5.99. The summed E-state index contributed by atoms with van der Waals surface area (Å²) in [6.45, 7) is 2.92. The van der Waals surface area contributed by atoms with Crippen LogP contribution in [-0.4, -0.2) is 18.6 Å². The number of nitrogens with zero attached hydrogens (tertiary/aromatic N) is 2. The highest BCUT2D eigenvalue weighted by Crippen LogP contribution is 2.21. The van der Waals surface area contributed by atoms with E-state index < -0.39 is 0 Å². The first-order valence-corrected chi connectivity index (χ1v) is 6.64. The van der Waals surface area contributed by atoms with Crippen LogP contribution in [0.5, 0.6) is 0 Å². The van der Waals surface area contributed by atoms with Crippen molar-refractivity contribution < 1.29 is 0 Å². The van der Waals surface area contributed by atoms with Crippen LogP contribution in [0.3, 0.4) is 0 Å². The fourth-order valence-corrected chi connectivity index (χ4v) is 2.13. The van der Waals surface area contributed by atoms with Gasteiger partial charge >= 0.3 is 0 Å². The molecule has 0 saturated heterocycles. The van der Waals surface area contributed by atoms with Gasteiger partial charge in [0, 0.05) is 31.4 Å². The Kier molecular flexibility index (Phi) is 4.53. The molecule has 0 spiro atoms.